The van der Waals surface area contributed by atoms with Gasteiger partial charge in [-0.15, -0.1) is 11.3 Å². The minimum absolute atomic E-state index is 0.0131. The Morgan fingerprint density at radius 2 is 2.03 bits per heavy atom. The highest BCUT2D eigenvalue weighted by Gasteiger charge is 2.31. The zero-order chi connectivity index (χ0) is 22.3. The van der Waals surface area contributed by atoms with Gasteiger partial charge < -0.3 is 9.15 Å². The van der Waals surface area contributed by atoms with Gasteiger partial charge in [-0.2, -0.15) is 0 Å². The highest BCUT2D eigenvalue weighted by Crippen LogP contribution is 2.29. The lowest BCUT2D eigenvalue weighted by atomic mass is 9.95. The highest BCUT2D eigenvalue weighted by molar-refractivity contribution is 7.89. The molecule has 0 unspecified atom stereocenters. The van der Waals surface area contributed by atoms with Crippen molar-refractivity contribution in [3.8, 4) is 0 Å². The molecule has 3 aromatic rings. The molecule has 2 heterocycles. The number of esters is 1. The molecule has 0 bridgehead atoms. The molecule has 0 aliphatic heterocycles. The van der Waals surface area contributed by atoms with Crippen LogP contribution in [0.2, 0.25) is 0 Å². The van der Waals surface area contributed by atoms with E-state index < -0.39 is 21.6 Å². The van der Waals surface area contributed by atoms with Gasteiger partial charge in [-0.05, 0) is 60.4 Å². The average molecular weight is 462 g/mol. The summed E-state index contributed by atoms with van der Waals surface area (Å²) in [6.07, 6.45) is 1.59. The van der Waals surface area contributed by atoms with Crippen LogP contribution in [-0.4, -0.2) is 20.4 Å². The van der Waals surface area contributed by atoms with E-state index in [1.807, 2.05) is 19.1 Å². The standard InChI is InChI=1S/C22H23NO6S2/c1-12(2)16-10-17-14(9-20(24)29-18(17)8-13(16)3)11-28-22(25)21-19(6-7-30-21)31(26,27)23-15-4-5-15/h6-10,12,15,23H,4-5,11H2,1-3H3. The number of nitrogens with one attached hydrogen (secondary N) is 1. The average Bonchev–Trinajstić information content (AvgIpc) is 3.33. The fraction of sp³-hybridized carbons (Fsp3) is 0.364. The van der Waals surface area contributed by atoms with E-state index in [0.717, 1.165) is 35.3 Å². The van der Waals surface area contributed by atoms with Crippen LogP contribution in [0.25, 0.3) is 11.0 Å². The van der Waals surface area contributed by atoms with E-state index in [-0.39, 0.29) is 28.3 Å². The van der Waals surface area contributed by atoms with Crippen molar-refractivity contribution in [1.82, 2.24) is 4.72 Å². The van der Waals surface area contributed by atoms with Gasteiger partial charge in [-0.25, -0.2) is 22.7 Å². The maximum Gasteiger partial charge on any atom is 0.350 e. The number of benzene rings is 1. The van der Waals surface area contributed by atoms with Crippen LogP contribution in [0.3, 0.4) is 0 Å². The number of carbonyl (C=O) groups excluding carboxylic acids is 1. The second-order valence-corrected chi connectivity index (χ2v) is 10.6. The third-order valence-electron chi connectivity index (χ3n) is 5.20. The summed E-state index contributed by atoms with van der Waals surface area (Å²) in [5.74, 6) is -0.478. The molecule has 31 heavy (non-hydrogen) atoms. The van der Waals surface area contributed by atoms with Gasteiger partial charge in [0.25, 0.3) is 0 Å². The highest BCUT2D eigenvalue weighted by atomic mass is 32.2. The van der Waals surface area contributed by atoms with Crippen LogP contribution in [0.1, 0.15) is 59.0 Å². The van der Waals surface area contributed by atoms with Crippen molar-refractivity contribution in [3.63, 3.8) is 0 Å². The molecule has 2 aromatic heterocycles. The van der Waals surface area contributed by atoms with Crippen LogP contribution in [0.5, 0.6) is 0 Å². The largest absolute Gasteiger partial charge is 0.457 e. The fourth-order valence-electron chi connectivity index (χ4n) is 3.48. The molecule has 1 saturated carbocycles. The molecule has 0 spiro atoms. The van der Waals surface area contributed by atoms with E-state index >= 15 is 0 Å². The number of carbonyl (C=O) groups is 1. The van der Waals surface area contributed by atoms with Gasteiger partial charge in [-0.3, -0.25) is 0 Å². The minimum atomic E-state index is -3.78. The number of hydrogen-bond donors (Lipinski definition) is 1. The number of thiophene rings is 1. The summed E-state index contributed by atoms with van der Waals surface area (Å²) in [6, 6.07) is 6.39. The monoisotopic (exact) mass is 461 g/mol. The molecule has 1 N–H and O–H groups in total. The maximum absolute atomic E-state index is 12.7. The molecule has 0 amide bonds. The lowest BCUT2D eigenvalue weighted by Crippen LogP contribution is -2.26. The summed E-state index contributed by atoms with van der Waals surface area (Å²) < 4.78 is 38.4. The first kappa shape index (κ1) is 21.7. The first-order valence-electron chi connectivity index (χ1n) is 10.00. The smallest absolute Gasteiger partial charge is 0.350 e. The predicted molar refractivity (Wildman–Crippen MR) is 118 cm³/mol. The van der Waals surface area contributed by atoms with Crippen molar-refractivity contribution in [2.75, 3.05) is 0 Å². The third-order valence-corrected chi connectivity index (χ3v) is 7.79. The number of rotatable bonds is 7. The normalized spacial score (nSPS) is 14.3. The molecular formula is C22H23NO6S2. The van der Waals surface area contributed by atoms with Crippen LogP contribution >= 0.6 is 11.3 Å². The van der Waals surface area contributed by atoms with E-state index in [0.29, 0.717) is 16.5 Å². The van der Waals surface area contributed by atoms with Crippen molar-refractivity contribution in [1.29, 1.82) is 0 Å². The molecule has 9 heteroatoms. The Balaban J connectivity index is 1.61. The zero-order valence-corrected chi connectivity index (χ0v) is 19.1. The summed E-state index contributed by atoms with van der Waals surface area (Å²) in [4.78, 5) is 24.6. The van der Waals surface area contributed by atoms with Gasteiger partial charge in [0.2, 0.25) is 10.0 Å². The molecule has 4 rings (SSSR count). The summed E-state index contributed by atoms with van der Waals surface area (Å²) in [5, 5.41) is 2.23. The Bertz CT molecular complexity index is 1320. The van der Waals surface area contributed by atoms with E-state index in [4.69, 9.17) is 9.15 Å². The predicted octanol–water partition coefficient (Wildman–Crippen LogP) is 4.08. The maximum atomic E-state index is 12.7. The molecule has 7 nitrogen and oxygen atoms in total. The van der Waals surface area contributed by atoms with Gasteiger partial charge in [0.05, 0.1) is 0 Å². The fourth-order valence-corrected chi connectivity index (χ4v) is 6.10. The number of hydrogen-bond acceptors (Lipinski definition) is 7. The Hall–Kier alpha value is -2.49. The number of sulfonamides is 1. The molecule has 1 aromatic carbocycles. The second kappa shape index (κ2) is 8.22. The van der Waals surface area contributed by atoms with Crippen LogP contribution in [0, 0.1) is 6.92 Å². The van der Waals surface area contributed by atoms with E-state index in [2.05, 4.69) is 18.6 Å². The second-order valence-electron chi connectivity index (χ2n) is 8.04. The van der Waals surface area contributed by atoms with Gasteiger partial charge >= 0.3 is 11.6 Å². The number of fused-ring (bicyclic) bond motifs is 1. The van der Waals surface area contributed by atoms with Crippen molar-refractivity contribution in [2.24, 2.45) is 0 Å². The Morgan fingerprint density at radius 3 is 2.71 bits per heavy atom. The minimum Gasteiger partial charge on any atom is -0.457 e. The molecule has 164 valence electrons. The van der Waals surface area contributed by atoms with E-state index in [1.165, 1.54) is 12.1 Å². The van der Waals surface area contributed by atoms with E-state index in [9.17, 15) is 18.0 Å². The first-order valence-corrected chi connectivity index (χ1v) is 12.4. The summed E-state index contributed by atoms with van der Waals surface area (Å²) in [6.45, 7) is 5.92. The lowest BCUT2D eigenvalue weighted by Gasteiger charge is -2.13. The van der Waals surface area contributed by atoms with Crippen molar-refractivity contribution < 1.29 is 22.4 Å². The lowest BCUT2D eigenvalue weighted by molar-refractivity contribution is 0.0475. The van der Waals surface area contributed by atoms with Crippen molar-refractivity contribution >= 4 is 38.3 Å². The van der Waals surface area contributed by atoms with Crippen LogP contribution in [0.15, 0.2) is 43.8 Å². The molecule has 0 radical (unpaired) electrons. The van der Waals surface area contributed by atoms with Crippen LogP contribution < -0.4 is 10.3 Å². The van der Waals surface area contributed by atoms with Gasteiger partial charge in [0.15, 0.2) is 0 Å². The van der Waals surface area contributed by atoms with Gasteiger partial charge in [0, 0.05) is 23.1 Å². The molecule has 1 fully saturated rings. The van der Waals surface area contributed by atoms with Crippen LogP contribution in [-0.2, 0) is 21.4 Å². The SMILES string of the molecule is Cc1cc2oc(=O)cc(COC(=O)c3sccc3S(=O)(=O)NC3CC3)c2cc1C(C)C. The molecule has 1 aliphatic carbocycles. The summed E-state index contributed by atoms with van der Waals surface area (Å²) in [5.41, 5.74) is 2.51. The quantitative estimate of drug-likeness (QED) is 0.420. The molecule has 1 aliphatic rings. The molecule has 0 saturated heterocycles. The molecular weight excluding hydrogens is 438 g/mol. The van der Waals surface area contributed by atoms with Crippen LogP contribution in [0.4, 0.5) is 0 Å². The van der Waals surface area contributed by atoms with Crippen molar-refractivity contribution in [3.05, 3.63) is 61.6 Å². The third kappa shape index (κ3) is 4.58. The zero-order valence-electron chi connectivity index (χ0n) is 17.4. The molecule has 0 atom stereocenters. The Kier molecular flexibility index (Phi) is 5.76. The number of ether oxygens (including phenoxy) is 1. The first-order chi connectivity index (χ1) is 14.7. The topological polar surface area (TPSA) is 103 Å². The van der Waals surface area contributed by atoms with Gasteiger partial charge in [0.1, 0.15) is 22.0 Å². The van der Waals surface area contributed by atoms with Crippen molar-refractivity contribution in [2.45, 2.75) is 57.1 Å². The number of aryl methyl sites for hydroxylation is 1. The Labute approximate surface area is 184 Å². The Morgan fingerprint density at radius 1 is 1.29 bits per heavy atom. The summed E-state index contributed by atoms with van der Waals surface area (Å²) >= 11 is 1.01. The van der Waals surface area contributed by atoms with E-state index in [1.54, 1.807) is 5.38 Å². The van der Waals surface area contributed by atoms with Gasteiger partial charge in [-0.1, -0.05) is 13.8 Å². The summed E-state index contributed by atoms with van der Waals surface area (Å²) in [7, 11) is -3.78.